The zero-order valence-electron chi connectivity index (χ0n) is 60.6. The van der Waals surface area contributed by atoms with Crippen molar-refractivity contribution in [1.82, 2.24) is 0 Å². The summed E-state index contributed by atoms with van der Waals surface area (Å²) in [6, 6.07) is 0. The van der Waals surface area contributed by atoms with E-state index in [9.17, 15) is 43.2 Å². The van der Waals surface area contributed by atoms with Crippen molar-refractivity contribution in [2.45, 2.75) is 400 Å². The highest BCUT2D eigenvalue weighted by atomic mass is 31.2. The van der Waals surface area contributed by atoms with E-state index in [1.807, 2.05) is 0 Å². The lowest BCUT2D eigenvalue weighted by atomic mass is 10.0. The van der Waals surface area contributed by atoms with E-state index in [4.69, 9.17) is 37.0 Å². The zero-order valence-corrected chi connectivity index (χ0v) is 62.3. The topological polar surface area (TPSA) is 237 Å². The van der Waals surface area contributed by atoms with Crippen molar-refractivity contribution in [1.29, 1.82) is 0 Å². The van der Waals surface area contributed by atoms with Crippen molar-refractivity contribution in [3.8, 4) is 0 Å². The molecule has 0 fully saturated rings. The van der Waals surface area contributed by atoms with Crippen LogP contribution in [0.3, 0.4) is 0 Å². The van der Waals surface area contributed by atoms with Gasteiger partial charge in [-0.1, -0.05) is 330 Å². The molecule has 3 N–H and O–H groups in total. The van der Waals surface area contributed by atoms with Crippen LogP contribution in [0.1, 0.15) is 382 Å². The van der Waals surface area contributed by atoms with E-state index >= 15 is 0 Å². The number of aliphatic hydroxyl groups is 1. The molecule has 93 heavy (non-hydrogen) atoms. The lowest BCUT2D eigenvalue weighted by molar-refractivity contribution is -0.161. The third-order valence-electron chi connectivity index (χ3n) is 17.2. The first-order valence-electron chi connectivity index (χ1n) is 38.5. The van der Waals surface area contributed by atoms with Gasteiger partial charge in [0.1, 0.15) is 19.3 Å². The van der Waals surface area contributed by atoms with Gasteiger partial charge in [0.05, 0.1) is 26.4 Å². The average molecular weight is 1370 g/mol. The summed E-state index contributed by atoms with van der Waals surface area (Å²) in [5.74, 6) is -0.583. The smallest absolute Gasteiger partial charge is 0.462 e. The molecule has 17 nitrogen and oxygen atoms in total. The van der Waals surface area contributed by atoms with Gasteiger partial charge < -0.3 is 33.8 Å². The van der Waals surface area contributed by atoms with Gasteiger partial charge in [0.25, 0.3) is 0 Å². The molecular weight excluding hydrogens is 1220 g/mol. The number of carbonyl (C=O) groups excluding carboxylic acids is 4. The first-order valence-corrected chi connectivity index (χ1v) is 41.5. The van der Waals surface area contributed by atoms with E-state index in [1.165, 1.54) is 193 Å². The van der Waals surface area contributed by atoms with E-state index in [-0.39, 0.29) is 25.7 Å². The second-order valence-electron chi connectivity index (χ2n) is 27.6. The molecule has 0 saturated heterocycles. The highest BCUT2D eigenvalue weighted by molar-refractivity contribution is 7.47. The predicted octanol–water partition coefficient (Wildman–Crippen LogP) is 21.6. The standard InChI is InChI=1S/C74H144O17P2/c1-7-9-11-13-15-17-18-25-29-32-39-45-51-57-72(77)85-63-70(90-73(78)58-52-46-40-33-30-27-24-22-20-19-21-23-26-28-31-36-42-48-54-66(3)4)65-89-93(82,83)87-61-68(75)60-86-92(80,81)88-64-69(62-84-71(76)56-50-44-38-16-14-12-10-8-2)91-74(79)59-53-47-41-35-34-37-43-49-55-67(5)6/h66-70,75H,7-65H2,1-6H3,(H,80,81)(H,82,83)/t68-,69+,70+/m0/s1. The number of carbonyl (C=O) groups is 4. The van der Waals surface area contributed by atoms with Crippen LogP contribution in [0.2, 0.25) is 0 Å². The summed E-state index contributed by atoms with van der Waals surface area (Å²) in [5, 5.41) is 10.6. The molecule has 552 valence electrons. The minimum Gasteiger partial charge on any atom is -0.462 e. The van der Waals surface area contributed by atoms with Gasteiger partial charge in [-0.15, -0.1) is 0 Å². The van der Waals surface area contributed by atoms with Crippen LogP contribution in [0, 0.1) is 11.8 Å². The molecule has 0 bridgehead atoms. The molecule has 0 spiro atoms. The second kappa shape index (κ2) is 66.0. The molecule has 19 heteroatoms. The molecule has 0 aliphatic rings. The molecule has 0 saturated carbocycles. The van der Waals surface area contributed by atoms with E-state index in [1.54, 1.807) is 0 Å². The van der Waals surface area contributed by atoms with Crippen LogP contribution in [0.25, 0.3) is 0 Å². The molecule has 5 atom stereocenters. The van der Waals surface area contributed by atoms with Crippen LogP contribution < -0.4 is 0 Å². The maximum Gasteiger partial charge on any atom is 0.472 e. The van der Waals surface area contributed by atoms with Gasteiger partial charge in [0.2, 0.25) is 0 Å². The highest BCUT2D eigenvalue weighted by Crippen LogP contribution is 2.45. The van der Waals surface area contributed by atoms with Crippen molar-refractivity contribution in [3.05, 3.63) is 0 Å². The third-order valence-corrected chi connectivity index (χ3v) is 19.1. The molecule has 0 heterocycles. The Balaban J connectivity index is 5.17. The van der Waals surface area contributed by atoms with Crippen molar-refractivity contribution in [2.75, 3.05) is 39.6 Å². The SMILES string of the molecule is CCCCCCCCCCCCCCCC(=O)OC[C@H](COP(=O)(O)OC[C@@H](O)COP(=O)(O)OC[C@@H](COC(=O)CCCCCCCCCC)OC(=O)CCCCCCCCCCC(C)C)OC(=O)CCCCCCCCCCCCCCCCCCCCC(C)C. The van der Waals surface area contributed by atoms with Gasteiger partial charge in [-0.3, -0.25) is 37.3 Å². The van der Waals surface area contributed by atoms with Gasteiger partial charge in [0, 0.05) is 25.7 Å². The van der Waals surface area contributed by atoms with Gasteiger partial charge >= 0.3 is 39.5 Å². The average Bonchev–Trinajstić information content (AvgIpc) is 2.20. The number of hydrogen-bond donors (Lipinski definition) is 3. The van der Waals surface area contributed by atoms with Gasteiger partial charge in [0.15, 0.2) is 12.2 Å². The molecule has 2 unspecified atom stereocenters. The van der Waals surface area contributed by atoms with Crippen molar-refractivity contribution in [3.63, 3.8) is 0 Å². The number of aliphatic hydroxyl groups excluding tert-OH is 1. The second-order valence-corrected chi connectivity index (χ2v) is 30.5. The lowest BCUT2D eigenvalue weighted by Crippen LogP contribution is -2.30. The quantitative estimate of drug-likeness (QED) is 0.0222. The maximum atomic E-state index is 13.1. The lowest BCUT2D eigenvalue weighted by Gasteiger charge is -2.21. The molecule has 0 aliphatic heterocycles. The summed E-state index contributed by atoms with van der Waals surface area (Å²) in [7, 11) is -9.90. The Kier molecular flexibility index (Phi) is 64.6. The summed E-state index contributed by atoms with van der Waals surface area (Å²) >= 11 is 0. The van der Waals surface area contributed by atoms with E-state index in [0.29, 0.717) is 25.7 Å². The number of esters is 4. The molecule has 0 aromatic carbocycles. The number of ether oxygens (including phenoxy) is 4. The van der Waals surface area contributed by atoms with Crippen LogP contribution >= 0.6 is 15.6 Å². The normalized spacial score (nSPS) is 14.1. The summed E-state index contributed by atoms with van der Waals surface area (Å²) in [6.45, 7) is 9.55. The van der Waals surface area contributed by atoms with Crippen LogP contribution in [-0.2, 0) is 65.4 Å². The fourth-order valence-corrected chi connectivity index (χ4v) is 12.9. The minimum atomic E-state index is -4.95. The molecule has 0 aliphatic carbocycles. The summed E-state index contributed by atoms with van der Waals surface area (Å²) in [5.41, 5.74) is 0. The number of rotatable bonds is 73. The number of phosphoric ester groups is 2. The third kappa shape index (κ3) is 68.4. The van der Waals surface area contributed by atoms with Crippen LogP contribution in [0.15, 0.2) is 0 Å². The van der Waals surface area contributed by atoms with E-state index in [2.05, 4.69) is 41.5 Å². The predicted molar refractivity (Wildman–Crippen MR) is 377 cm³/mol. The highest BCUT2D eigenvalue weighted by Gasteiger charge is 2.30. The number of unbranched alkanes of at least 4 members (excludes halogenated alkanes) is 43. The number of phosphoric acid groups is 2. The Morgan fingerprint density at radius 3 is 0.731 bits per heavy atom. The van der Waals surface area contributed by atoms with Crippen LogP contribution in [0.5, 0.6) is 0 Å². The van der Waals surface area contributed by atoms with Gasteiger partial charge in [-0.25, -0.2) is 9.13 Å². The van der Waals surface area contributed by atoms with E-state index < -0.39 is 97.5 Å². The van der Waals surface area contributed by atoms with Crippen molar-refractivity contribution in [2.24, 2.45) is 11.8 Å². The summed E-state index contributed by atoms with van der Waals surface area (Å²) < 4.78 is 68.3. The Labute approximate surface area is 568 Å². The Bertz CT molecular complexity index is 1800. The Hall–Kier alpha value is -1.94. The van der Waals surface area contributed by atoms with Crippen molar-refractivity contribution < 1.29 is 80.2 Å². The fraction of sp³-hybridized carbons (Fsp3) is 0.946. The monoisotopic (exact) mass is 1370 g/mol. The minimum absolute atomic E-state index is 0.104. The Morgan fingerprint density at radius 1 is 0.290 bits per heavy atom. The molecule has 0 aromatic heterocycles. The first kappa shape index (κ1) is 91.1. The van der Waals surface area contributed by atoms with Gasteiger partial charge in [-0.2, -0.15) is 0 Å². The summed E-state index contributed by atoms with van der Waals surface area (Å²) in [6.07, 6.45) is 52.9. The summed E-state index contributed by atoms with van der Waals surface area (Å²) in [4.78, 5) is 72.6. The largest absolute Gasteiger partial charge is 0.472 e. The zero-order chi connectivity index (χ0) is 68.6. The molecule has 0 aromatic rings. The van der Waals surface area contributed by atoms with Gasteiger partial charge in [-0.05, 0) is 37.5 Å². The van der Waals surface area contributed by atoms with Crippen LogP contribution in [-0.4, -0.2) is 96.7 Å². The first-order chi connectivity index (χ1) is 44.9. The van der Waals surface area contributed by atoms with Crippen molar-refractivity contribution >= 4 is 39.5 Å². The van der Waals surface area contributed by atoms with Crippen LogP contribution in [0.4, 0.5) is 0 Å². The molecule has 0 amide bonds. The Morgan fingerprint density at radius 2 is 0.495 bits per heavy atom. The maximum absolute atomic E-state index is 13.1. The molecule has 0 radical (unpaired) electrons. The fourth-order valence-electron chi connectivity index (χ4n) is 11.3. The number of hydrogen-bond acceptors (Lipinski definition) is 15. The molecule has 0 rings (SSSR count). The molecular formula is C74H144O17P2. The van der Waals surface area contributed by atoms with E-state index in [0.717, 1.165) is 108 Å².